The van der Waals surface area contributed by atoms with Gasteiger partial charge in [-0.15, -0.1) is 0 Å². The Balaban J connectivity index is 2.43. The first-order valence-electron chi connectivity index (χ1n) is 12.3. The zero-order valence-electron chi connectivity index (χ0n) is 22.1. The van der Waals surface area contributed by atoms with E-state index in [0.717, 1.165) is 22.3 Å². The largest absolute Gasteiger partial charge is 0.444 e. The summed E-state index contributed by atoms with van der Waals surface area (Å²) in [4.78, 5) is 41.5. The van der Waals surface area contributed by atoms with E-state index < -0.39 is 23.8 Å². The summed E-state index contributed by atoms with van der Waals surface area (Å²) in [5.74, 6) is -0.614. The van der Waals surface area contributed by atoms with Crippen LogP contribution in [0.1, 0.15) is 62.4 Å². The summed E-state index contributed by atoms with van der Waals surface area (Å²) in [5, 5.41) is 5.64. The minimum Gasteiger partial charge on any atom is -0.444 e. The molecular weight excluding hydrogens is 474 g/mol. The molecule has 0 fully saturated rings. The number of rotatable bonds is 10. The molecule has 8 heteroatoms. The van der Waals surface area contributed by atoms with Crippen molar-refractivity contribution < 1.29 is 19.1 Å². The van der Waals surface area contributed by atoms with Crippen LogP contribution in [0.4, 0.5) is 4.79 Å². The summed E-state index contributed by atoms with van der Waals surface area (Å²) in [6, 6.07) is 13.6. The Kier molecular flexibility index (Phi) is 10.8. The quantitative estimate of drug-likeness (QED) is 0.401. The molecular formula is C28H39N3O4S. The third-order valence-electron chi connectivity index (χ3n) is 5.60. The first-order chi connectivity index (χ1) is 17.0. The number of hydrogen-bond donors (Lipinski definition) is 3. The van der Waals surface area contributed by atoms with Gasteiger partial charge in [-0.05, 0) is 63.3 Å². The van der Waals surface area contributed by atoms with Crippen LogP contribution in [-0.2, 0) is 20.9 Å². The summed E-state index contributed by atoms with van der Waals surface area (Å²) in [6.07, 6.45) is -0.0753. The molecule has 2 atom stereocenters. The molecule has 2 aromatic carbocycles. The molecule has 0 saturated heterocycles. The normalized spacial score (nSPS) is 12.9. The van der Waals surface area contributed by atoms with Gasteiger partial charge in [-0.25, -0.2) is 4.79 Å². The number of nitrogens with one attached hydrogen (secondary N) is 2. The van der Waals surface area contributed by atoms with Gasteiger partial charge < -0.3 is 20.3 Å². The van der Waals surface area contributed by atoms with Crippen LogP contribution in [0.15, 0.2) is 48.5 Å². The van der Waals surface area contributed by atoms with Crippen LogP contribution in [0.25, 0.3) is 0 Å². The zero-order valence-corrected chi connectivity index (χ0v) is 23.0. The molecule has 0 bridgehead atoms. The fraction of sp³-hybridized carbons (Fsp3) is 0.464. The fourth-order valence-electron chi connectivity index (χ4n) is 4.01. The van der Waals surface area contributed by atoms with Gasteiger partial charge in [0, 0.05) is 18.8 Å². The first-order valence-corrected chi connectivity index (χ1v) is 12.9. The minimum absolute atomic E-state index is 0.0589. The highest BCUT2D eigenvalue weighted by atomic mass is 32.1. The SMILES string of the molecule is CCCN(C(=O)C(CS)NC(=O)OC(C)(C)C)C(C(=O)NCc1ccccc1)c1c(C)cccc1C. The van der Waals surface area contributed by atoms with Gasteiger partial charge in [0.15, 0.2) is 0 Å². The van der Waals surface area contributed by atoms with Gasteiger partial charge in [0.05, 0.1) is 0 Å². The van der Waals surface area contributed by atoms with Crippen LogP contribution in [0, 0.1) is 13.8 Å². The molecule has 0 heterocycles. The molecule has 196 valence electrons. The van der Waals surface area contributed by atoms with Crippen LogP contribution in [0.5, 0.6) is 0 Å². The maximum absolute atomic E-state index is 13.8. The van der Waals surface area contributed by atoms with E-state index in [-0.39, 0.29) is 17.6 Å². The van der Waals surface area contributed by atoms with Crippen LogP contribution in [0.2, 0.25) is 0 Å². The molecule has 0 aliphatic rings. The zero-order chi connectivity index (χ0) is 26.9. The summed E-state index contributed by atoms with van der Waals surface area (Å²) in [5.41, 5.74) is 2.84. The number of benzene rings is 2. The Morgan fingerprint density at radius 3 is 2.14 bits per heavy atom. The molecule has 3 amide bonds. The predicted octanol–water partition coefficient (Wildman–Crippen LogP) is 4.72. The van der Waals surface area contributed by atoms with E-state index >= 15 is 0 Å². The van der Waals surface area contributed by atoms with Crippen molar-refractivity contribution >= 4 is 30.5 Å². The van der Waals surface area contributed by atoms with E-state index in [2.05, 4.69) is 23.3 Å². The van der Waals surface area contributed by atoms with Crippen molar-refractivity contribution in [2.75, 3.05) is 12.3 Å². The lowest BCUT2D eigenvalue weighted by Gasteiger charge is -2.35. The molecule has 2 rings (SSSR count). The summed E-state index contributed by atoms with van der Waals surface area (Å²) in [7, 11) is 0. The van der Waals surface area contributed by atoms with Crippen LogP contribution < -0.4 is 10.6 Å². The van der Waals surface area contributed by atoms with Crippen molar-refractivity contribution in [3.63, 3.8) is 0 Å². The number of hydrogen-bond acceptors (Lipinski definition) is 5. The van der Waals surface area contributed by atoms with Crippen molar-refractivity contribution in [2.45, 2.75) is 72.2 Å². The van der Waals surface area contributed by atoms with E-state index in [1.807, 2.05) is 69.3 Å². The lowest BCUT2D eigenvalue weighted by Crippen LogP contribution is -2.54. The van der Waals surface area contributed by atoms with Crippen molar-refractivity contribution in [3.05, 3.63) is 70.8 Å². The number of carbonyl (C=O) groups excluding carboxylic acids is 3. The predicted molar refractivity (Wildman–Crippen MR) is 146 cm³/mol. The molecule has 2 aromatic rings. The second-order valence-corrected chi connectivity index (χ2v) is 10.2. The molecule has 2 unspecified atom stereocenters. The lowest BCUT2D eigenvalue weighted by molar-refractivity contribution is -0.142. The Morgan fingerprint density at radius 1 is 1.00 bits per heavy atom. The van der Waals surface area contributed by atoms with Gasteiger partial charge in [-0.3, -0.25) is 9.59 Å². The molecule has 7 nitrogen and oxygen atoms in total. The Hall–Kier alpha value is -3.00. The highest BCUT2D eigenvalue weighted by Gasteiger charge is 2.36. The van der Waals surface area contributed by atoms with Crippen molar-refractivity contribution in [1.82, 2.24) is 15.5 Å². The maximum atomic E-state index is 13.8. The number of amides is 3. The highest BCUT2D eigenvalue weighted by molar-refractivity contribution is 7.80. The smallest absolute Gasteiger partial charge is 0.408 e. The van der Waals surface area contributed by atoms with Crippen LogP contribution in [0.3, 0.4) is 0 Å². The average molecular weight is 514 g/mol. The number of ether oxygens (including phenoxy) is 1. The molecule has 0 radical (unpaired) electrons. The Bertz CT molecular complexity index is 1020. The summed E-state index contributed by atoms with van der Waals surface area (Å²) < 4.78 is 5.34. The topological polar surface area (TPSA) is 87.7 Å². The summed E-state index contributed by atoms with van der Waals surface area (Å²) >= 11 is 4.32. The third-order valence-corrected chi connectivity index (χ3v) is 5.97. The number of alkyl carbamates (subject to hydrolysis) is 1. The van der Waals surface area contributed by atoms with Gasteiger partial charge in [0.2, 0.25) is 11.8 Å². The maximum Gasteiger partial charge on any atom is 0.408 e. The van der Waals surface area contributed by atoms with E-state index in [1.54, 1.807) is 25.7 Å². The van der Waals surface area contributed by atoms with E-state index in [9.17, 15) is 14.4 Å². The van der Waals surface area contributed by atoms with Gasteiger partial charge >= 0.3 is 6.09 Å². The van der Waals surface area contributed by atoms with Crippen LogP contribution >= 0.6 is 12.6 Å². The fourth-order valence-corrected chi connectivity index (χ4v) is 4.26. The minimum atomic E-state index is -0.955. The van der Waals surface area contributed by atoms with E-state index in [1.165, 1.54) is 0 Å². The second-order valence-electron chi connectivity index (χ2n) is 9.82. The third kappa shape index (κ3) is 8.29. The number of carbonyl (C=O) groups is 3. The highest BCUT2D eigenvalue weighted by Crippen LogP contribution is 2.29. The number of nitrogens with zero attached hydrogens (tertiary/aromatic N) is 1. The van der Waals surface area contributed by atoms with Crippen LogP contribution in [-0.4, -0.2) is 46.7 Å². The molecule has 0 saturated carbocycles. The monoisotopic (exact) mass is 513 g/mol. The van der Waals surface area contributed by atoms with Crippen molar-refractivity contribution in [1.29, 1.82) is 0 Å². The van der Waals surface area contributed by atoms with Crippen molar-refractivity contribution in [3.8, 4) is 0 Å². The van der Waals surface area contributed by atoms with Crippen molar-refractivity contribution in [2.24, 2.45) is 0 Å². The summed E-state index contributed by atoms with van der Waals surface area (Å²) in [6.45, 7) is 11.7. The number of aryl methyl sites for hydroxylation is 2. The average Bonchev–Trinajstić information content (AvgIpc) is 2.81. The Labute approximate surface area is 220 Å². The van der Waals surface area contributed by atoms with Gasteiger partial charge in [-0.2, -0.15) is 12.6 Å². The second kappa shape index (κ2) is 13.3. The molecule has 0 aromatic heterocycles. The standard InChI is InChI=1S/C28H39N3O4S/c1-7-16-31(26(33)22(18-36)30-27(34)35-28(4,5)6)24(23-19(2)12-11-13-20(23)3)25(32)29-17-21-14-9-8-10-15-21/h8-15,22,24,36H,7,16-18H2,1-6H3,(H,29,32)(H,30,34). The Morgan fingerprint density at radius 2 is 1.61 bits per heavy atom. The van der Waals surface area contributed by atoms with Gasteiger partial charge in [-0.1, -0.05) is 55.5 Å². The van der Waals surface area contributed by atoms with Gasteiger partial charge in [0.1, 0.15) is 17.7 Å². The van der Waals surface area contributed by atoms with E-state index in [0.29, 0.717) is 19.5 Å². The lowest BCUT2D eigenvalue weighted by atomic mass is 9.93. The van der Waals surface area contributed by atoms with E-state index in [4.69, 9.17) is 4.74 Å². The molecule has 2 N–H and O–H groups in total. The first kappa shape index (κ1) is 29.2. The molecule has 0 spiro atoms. The van der Waals surface area contributed by atoms with Gasteiger partial charge in [0.25, 0.3) is 0 Å². The number of thiol groups is 1. The molecule has 0 aliphatic carbocycles. The molecule has 0 aliphatic heterocycles. The molecule has 36 heavy (non-hydrogen) atoms.